The summed E-state index contributed by atoms with van der Waals surface area (Å²) >= 11 is 0. The average molecular weight is 473 g/mol. The van der Waals surface area contributed by atoms with Crippen LogP contribution in [0.25, 0.3) is 0 Å². The lowest BCUT2D eigenvalue weighted by Crippen LogP contribution is -2.50. The third kappa shape index (κ3) is 4.47. The fourth-order valence-corrected chi connectivity index (χ4v) is 4.46. The van der Waals surface area contributed by atoms with Crippen LogP contribution in [0.4, 0.5) is 18.0 Å². The second-order valence-electron chi connectivity index (χ2n) is 6.41. The summed E-state index contributed by atoms with van der Waals surface area (Å²) in [4.78, 5) is 16.5. The van der Waals surface area contributed by atoms with E-state index in [-0.39, 0.29) is 19.4 Å². The third-order valence-corrected chi connectivity index (χ3v) is 6.04. The molecule has 30 heavy (non-hydrogen) atoms. The molecule has 166 valence electrons. The van der Waals surface area contributed by atoms with Crippen molar-refractivity contribution >= 4 is 32.3 Å². The maximum Gasteiger partial charge on any atom is 0.418 e. The predicted octanol–water partition coefficient (Wildman–Crippen LogP) is 0.359. The number of piperidine rings is 1. The summed E-state index contributed by atoms with van der Waals surface area (Å²) in [6.07, 6.45) is -4.19. The molecule has 1 aromatic rings. The van der Waals surface area contributed by atoms with Crippen LogP contribution in [0, 0.1) is 5.41 Å². The van der Waals surface area contributed by atoms with Crippen molar-refractivity contribution in [1.29, 1.82) is 5.41 Å². The SMILES string of the molecule is N=C(NS(=O)(=O)c1ccc(C(F)(F)F)cn1)C1CCC2CN1C(=O)N2OS(=O)(=O)O. The van der Waals surface area contributed by atoms with Crippen LogP contribution < -0.4 is 4.72 Å². The fourth-order valence-electron chi connectivity index (χ4n) is 3.10. The molecule has 3 rings (SSSR count). The van der Waals surface area contributed by atoms with Crippen molar-refractivity contribution in [2.75, 3.05) is 6.54 Å². The van der Waals surface area contributed by atoms with Crippen LogP contribution >= 0.6 is 0 Å². The molecule has 0 saturated carbocycles. The summed E-state index contributed by atoms with van der Waals surface area (Å²) in [6, 6.07) is -1.70. The highest BCUT2D eigenvalue weighted by Gasteiger charge is 2.49. The lowest BCUT2D eigenvalue weighted by molar-refractivity contribution is -0.137. The minimum absolute atomic E-state index is 0.0591. The Kier molecular flexibility index (Phi) is 5.42. The molecular formula is C13H14F3N5O7S2. The van der Waals surface area contributed by atoms with Gasteiger partial charge in [-0.15, -0.1) is 4.28 Å². The highest BCUT2D eigenvalue weighted by Crippen LogP contribution is 2.31. The zero-order valence-electron chi connectivity index (χ0n) is 14.7. The number of nitrogens with one attached hydrogen (secondary N) is 2. The van der Waals surface area contributed by atoms with E-state index < -0.39 is 61.1 Å². The van der Waals surface area contributed by atoms with Gasteiger partial charge in [-0.3, -0.25) is 14.7 Å². The van der Waals surface area contributed by atoms with Crippen molar-refractivity contribution < 1.29 is 43.6 Å². The smallest absolute Gasteiger partial charge is 0.310 e. The Bertz CT molecular complexity index is 1080. The first kappa shape index (κ1) is 22.2. The molecule has 1 aromatic heterocycles. The number of aromatic nitrogens is 1. The molecule has 0 aromatic carbocycles. The molecule has 2 amide bonds. The van der Waals surface area contributed by atoms with Gasteiger partial charge in [-0.1, -0.05) is 0 Å². The lowest BCUT2D eigenvalue weighted by atomic mass is 10.0. The molecule has 17 heteroatoms. The number of hydroxylamine groups is 2. The van der Waals surface area contributed by atoms with Crippen LogP contribution in [-0.4, -0.2) is 66.8 Å². The fraction of sp³-hybridized carbons (Fsp3) is 0.462. The Morgan fingerprint density at radius 1 is 1.27 bits per heavy atom. The van der Waals surface area contributed by atoms with Crippen molar-refractivity contribution in [3.63, 3.8) is 0 Å². The Hall–Kier alpha value is -2.50. The summed E-state index contributed by atoms with van der Waals surface area (Å²) in [5.41, 5.74) is -1.16. The largest absolute Gasteiger partial charge is 0.418 e. The first-order chi connectivity index (χ1) is 13.7. The standard InChI is InChI=1S/C13H14F3N5O7S2/c14-13(15,16)7-1-4-10(18-5-7)29(23,24)19-11(17)9-3-2-8-6-20(9)12(22)21(8)28-30(25,26)27/h1,4-5,8-9H,2-3,6H2,(H2,17,19)(H,25,26,27). The highest BCUT2D eigenvalue weighted by atomic mass is 32.3. The van der Waals surface area contributed by atoms with Crippen LogP contribution in [0.5, 0.6) is 0 Å². The van der Waals surface area contributed by atoms with Gasteiger partial charge in [0.25, 0.3) is 10.0 Å². The molecule has 2 aliphatic heterocycles. The van der Waals surface area contributed by atoms with E-state index in [4.69, 9.17) is 9.96 Å². The summed E-state index contributed by atoms with van der Waals surface area (Å²) in [6.45, 7) is -0.0956. The summed E-state index contributed by atoms with van der Waals surface area (Å²) < 4.78 is 99.0. The number of sulfonamides is 1. The van der Waals surface area contributed by atoms with Crippen LogP contribution in [0.15, 0.2) is 23.4 Å². The van der Waals surface area contributed by atoms with Crippen LogP contribution in [-0.2, 0) is 30.9 Å². The number of halogens is 3. The Balaban J connectivity index is 1.74. The predicted molar refractivity (Wildman–Crippen MR) is 90.7 cm³/mol. The first-order valence-electron chi connectivity index (χ1n) is 8.10. The molecule has 2 aliphatic rings. The number of hydrogen-bond donors (Lipinski definition) is 3. The van der Waals surface area contributed by atoms with Gasteiger partial charge in [-0.2, -0.15) is 35.1 Å². The van der Waals surface area contributed by atoms with Crippen LogP contribution in [0.3, 0.4) is 0 Å². The van der Waals surface area contributed by atoms with Crippen molar-refractivity contribution in [3.8, 4) is 0 Å². The van der Waals surface area contributed by atoms with Crippen LogP contribution in [0.2, 0.25) is 0 Å². The van der Waals surface area contributed by atoms with Gasteiger partial charge in [0.05, 0.1) is 17.6 Å². The molecule has 3 N–H and O–H groups in total. The quantitative estimate of drug-likeness (QED) is 0.313. The van der Waals surface area contributed by atoms with E-state index in [1.807, 2.05) is 4.72 Å². The van der Waals surface area contributed by atoms with E-state index in [2.05, 4.69) is 9.27 Å². The molecule has 0 spiro atoms. The number of alkyl halides is 3. The summed E-state index contributed by atoms with van der Waals surface area (Å²) in [5.74, 6) is -0.669. The monoisotopic (exact) mass is 473 g/mol. The maximum absolute atomic E-state index is 12.6. The number of fused-ring (bicyclic) bond motifs is 2. The summed E-state index contributed by atoms with van der Waals surface area (Å²) in [5, 5.41) is 7.66. The number of hydrogen-bond acceptors (Lipinski definition) is 8. The van der Waals surface area contributed by atoms with E-state index in [1.54, 1.807) is 0 Å². The molecular weight excluding hydrogens is 459 g/mol. The van der Waals surface area contributed by atoms with Gasteiger partial charge in [0.15, 0.2) is 5.03 Å². The zero-order valence-corrected chi connectivity index (χ0v) is 16.3. The van der Waals surface area contributed by atoms with Gasteiger partial charge in [-0.05, 0) is 25.0 Å². The van der Waals surface area contributed by atoms with Crippen LogP contribution in [0.1, 0.15) is 18.4 Å². The number of rotatable bonds is 5. The Labute approximate surface area is 168 Å². The Morgan fingerprint density at radius 3 is 2.47 bits per heavy atom. The van der Waals surface area contributed by atoms with Crippen molar-refractivity contribution in [1.82, 2.24) is 19.7 Å². The second-order valence-corrected chi connectivity index (χ2v) is 9.05. The first-order valence-corrected chi connectivity index (χ1v) is 11.0. The van der Waals surface area contributed by atoms with Gasteiger partial charge in [0.2, 0.25) is 0 Å². The number of amides is 2. The number of amidine groups is 1. The minimum atomic E-state index is -4.97. The summed E-state index contributed by atoms with van der Waals surface area (Å²) in [7, 11) is -9.49. The number of carbonyl (C=O) groups excluding carboxylic acids is 1. The van der Waals surface area contributed by atoms with Crippen molar-refractivity contribution in [2.24, 2.45) is 0 Å². The molecule has 0 radical (unpaired) electrons. The zero-order chi connectivity index (χ0) is 22.5. The van der Waals surface area contributed by atoms with Gasteiger partial charge >= 0.3 is 22.6 Å². The average Bonchev–Trinajstić information content (AvgIpc) is 2.84. The van der Waals surface area contributed by atoms with E-state index in [1.165, 1.54) is 0 Å². The van der Waals surface area contributed by atoms with Crippen molar-refractivity contribution in [3.05, 3.63) is 23.9 Å². The second kappa shape index (κ2) is 7.33. The van der Waals surface area contributed by atoms with E-state index in [0.29, 0.717) is 23.4 Å². The molecule has 3 heterocycles. The molecule has 2 bridgehead atoms. The van der Waals surface area contributed by atoms with Gasteiger partial charge in [0, 0.05) is 12.7 Å². The molecule has 2 fully saturated rings. The number of urea groups is 1. The molecule has 2 atom stereocenters. The molecule has 0 aliphatic carbocycles. The van der Waals surface area contributed by atoms with Gasteiger partial charge in [0.1, 0.15) is 5.84 Å². The number of nitrogens with zero attached hydrogens (tertiary/aromatic N) is 3. The molecule has 2 unspecified atom stereocenters. The topological polar surface area (TPSA) is 170 Å². The number of pyridine rings is 1. The maximum atomic E-state index is 12.6. The van der Waals surface area contributed by atoms with Gasteiger partial charge in [-0.25, -0.2) is 9.78 Å². The normalized spacial score (nSPS) is 22.3. The van der Waals surface area contributed by atoms with E-state index in [0.717, 1.165) is 4.90 Å². The van der Waals surface area contributed by atoms with E-state index >= 15 is 0 Å². The highest BCUT2D eigenvalue weighted by molar-refractivity contribution is 7.90. The van der Waals surface area contributed by atoms with E-state index in [9.17, 15) is 34.8 Å². The number of carbonyl (C=O) groups is 1. The minimum Gasteiger partial charge on any atom is -0.310 e. The lowest BCUT2D eigenvalue weighted by Gasteiger charge is -2.30. The molecule has 12 nitrogen and oxygen atoms in total. The third-order valence-electron chi connectivity index (χ3n) is 4.41. The molecule has 2 saturated heterocycles. The van der Waals surface area contributed by atoms with Crippen molar-refractivity contribution in [2.45, 2.75) is 36.1 Å². The van der Waals surface area contributed by atoms with Gasteiger partial charge < -0.3 is 4.90 Å². The Morgan fingerprint density at radius 2 is 1.93 bits per heavy atom.